The van der Waals surface area contributed by atoms with Crippen molar-refractivity contribution in [1.82, 2.24) is 0 Å². The van der Waals surface area contributed by atoms with E-state index < -0.39 is 0 Å². The van der Waals surface area contributed by atoms with Gasteiger partial charge in [-0.2, -0.15) is 0 Å². The van der Waals surface area contributed by atoms with Crippen LogP contribution in [-0.4, -0.2) is 5.11 Å². The normalized spacial score (nSPS) is 10.5. The highest BCUT2D eigenvalue weighted by atomic mass is 35.5. The molecule has 1 heterocycles. The fraction of sp³-hybridized carbons (Fsp3) is 0.0909. The Labute approximate surface area is 96.9 Å². The summed E-state index contributed by atoms with van der Waals surface area (Å²) in [5, 5.41) is 9.44. The van der Waals surface area contributed by atoms with Crippen LogP contribution in [0.5, 0.6) is 5.75 Å². The quantitative estimate of drug-likeness (QED) is 0.624. The summed E-state index contributed by atoms with van der Waals surface area (Å²) in [6.45, 7) is 0. The zero-order valence-electron chi connectivity index (χ0n) is 7.90. The second kappa shape index (κ2) is 4.13. The van der Waals surface area contributed by atoms with Gasteiger partial charge in [-0.3, -0.25) is 0 Å². The number of halogens is 1. The molecule has 1 aromatic carbocycles. The summed E-state index contributed by atoms with van der Waals surface area (Å²) in [6, 6.07) is 9.11. The van der Waals surface area contributed by atoms with Crippen LogP contribution < -0.4 is 5.73 Å². The minimum absolute atomic E-state index is 0.134. The van der Waals surface area contributed by atoms with Gasteiger partial charge in [0.2, 0.25) is 0 Å². The van der Waals surface area contributed by atoms with Crippen molar-refractivity contribution in [2.24, 2.45) is 0 Å². The van der Waals surface area contributed by atoms with Crippen LogP contribution >= 0.6 is 22.9 Å². The average molecular weight is 240 g/mol. The second-order valence-corrected chi connectivity index (χ2v) is 5.03. The molecule has 4 heteroatoms. The van der Waals surface area contributed by atoms with Crippen molar-refractivity contribution < 1.29 is 5.11 Å². The van der Waals surface area contributed by atoms with Crippen molar-refractivity contribution in [1.29, 1.82) is 0 Å². The Morgan fingerprint density at radius 2 is 2.07 bits per heavy atom. The molecule has 0 saturated carbocycles. The van der Waals surface area contributed by atoms with Gasteiger partial charge in [-0.15, -0.1) is 11.3 Å². The number of hydrogen-bond donors (Lipinski definition) is 2. The molecule has 0 saturated heterocycles. The summed E-state index contributed by atoms with van der Waals surface area (Å²) >= 11 is 7.36. The lowest BCUT2D eigenvalue weighted by atomic mass is 10.1. The largest absolute Gasteiger partial charge is 0.506 e. The van der Waals surface area contributed by atoms with Crippen LogP contribution in [0.15, 0.2) is 30.3 Å². The Bertz CT molecular complexity index is 481. The van der Waals surface area contributed by atoms with E-state index in [4.69, 9.17) is 17.3 Å². The Balaban J connectivity index is 2.28. The van der Waals surface area contributed by atoms with Crippen LogP contribution in [0.3, 0.4) is 0 Å². The third-order valence-corrected chi connectivity index (χ3v) is 3.40. The fourth-order valence-corrected chi connectivity index (χ4v) is 2.50. The van der Waals surface area contributed by atoms with Gasteiger partial charge in [0.15, 0.2) is 0 Å². The number of rotatable bonds is 2. The minimum atomic E-state index is 0.134. The van der Waals surface area contributed by atoms with E-state index in [0.29, 0.717) is 12.1 Å². The predicted molar refractivity (Wildman–Crippen MR) is 64.7 cm³/mol. The Kier molecular flexibility index (Phi) is 2.84. The van der Waals surface area contributed by atoms with Gasteiger partial charge in [0.05, 0.1) is 10.0 Å². The molecule has 0 amide bonds. The molecule has 2 aromatic rings. The summed E-state index contributed by atoms with van der Waals surface area (Å²) < 4.78 is 0.767. The number of anilines is 1. The van der Waals surface area contributed by atoms with Crippen LogP contribution in [0, 0.1) is 0 Å². The maximum Gasteiger partial charge on any atom is 0.138 e. The Hall–Kier alpha value is -1.19. The number of benzene rings is 1. The average Bonchev–Trinajstić information content (AvgIpc) is 2.59. The predicted octanol–water partition coefficient (Wildman–Crippen LogP) is 3.28. The zero-order chi connectivity index (χ0) is 10.8. The highest BCUT2D eigenvalue weighted by molar-refractivity contribution is 7.16. The molecule has 0 radical (unpaired) electrons. The van der Waals surface area contributed by atoms with Crippen molar-refractivity contribution in [3.8, 4) is 5.75 Å². The first-order valence-electron chi connectivity index (χ1n) is 4.47. The molecule has 0 aliphatic heterocycles. The van der Waals surface area contributed by atoms with E-state index in [1.165, 1.54) is 11.3 Å². The van der Waals surface area contributed by atoms with Crippen LogP contribution in [0.4, 0.5) is 5.69 Å². The van der Waals surface area contributed by atoms with Crippen molar-refractivity contribution in [3.63, 3.8) is 0 Å². The zero-order valence-corrected chi connectivity index (χ0v) is 9.48. The molecule has 3 N–H and O–H groups in total. The molecule has 1 aromatic heterocycles. The molecule has 2 rings (SSSR count). The summed E-state index contributed by atoms with van der Waals surface area (Å²) in [5.41, 5.74) is 7.13. The number of para-hydroxylation sites is 1. The van der Waals surface area contributed by atoms with Gasteiger partial charge < -0.3 is 10.8 Å². The van der Waals surface area contributed by atoms with Gasteiger partial charge >= 0.3 is 0 Å². The molecule has 0 atom stereocenters. The van der Waals surface area contributed by atoms with Crippen LogP contribution in [0.25, 0.3) is 0 Å². The van der Waals surface area contributed by atoms with E-state index in [2.05, 4.69) is 0 Å². The Morgan fingerprint density at radius 3 is 2.73 bits per heavy atom. The lowest BCUT2D eigenvalue weighted by molar-refractivity contribution is 0.477. The maximum absolute atomic E-state index is 9.44. The lowest BCUT2D eigenvalue weighted by Crippen LogP contribution is -1.94. The van der Waals surface area contributed by atoms with Gasteiger partial charge in [-0.1, -0.05) is 23.7 Å². The van der Waals surface area contributed by atoms with E-state index in [9.17, 15) is 5.11 Å². The lowest BCUT2D eigenvalue weighted by Gasteiger charge is -2.05. The highest BCUT2D eigenvalue weighted by Gasteiger charge is 2.06. The molecule has 0 aliphatic carbocycles. The number of nitrogen functional groups attached to an aromatic ring is 1. The molecule has 0 bridgehead atoms. The van der Waals surface area contributed by atoms with Gasteiger partial charge in [-0.05, 0) is 23.8 Å². The molecule has 2 nitrogen and oxygen atoms in total. The summed E-state index contributed by atoms with van der Waals surface area (Å²) in [5.74, 6) is 0.134. The first-order chi connectivity index (χ1) is 7.16. The molecular formula is C11H10ClNOS. The van der Waals surface area contributed by atoms with Crippen molar-refractivity contribution in [2.75, 3.05) is 5.73 Å². The maximum atomic E-state index is 9.44. The number of thiophene rings is 1. The number of hydrogen-bond acceptors (Lipinski definition) is 3. The third-order valence-electron chi connectivity index (χ3n) is 2.17. The van der Waals surface area contributed by atoms with Crippen LogP contribution in [0.2, 0.25) is 4.34 Å². The topological polar surface area (TPSA) is 46.2 Å². The standard InChI is InChI=1S/C11H10ClNOS/c12-10-5-4-8(15-10)6-7-2-1-3-9(14)11(7)13/h1-5,14H,6,13H2. The summed E-state index contributed by atoms with van der Waals surface area (Å²) in [4.78, 5) is 1.14. The van der Waals surface area contributed by atoms with Crippen molar-refractivity contribution >= 4 is 28.6 Å². The smallest absolute Gasteiger partial charge is 0.138 e. The monoisotopic (exact) mass is 239 g/mol. The number of aromatic hydroxyl groups is 1. The summed E-state index contributed by atoms with van der Waals surface area (Å²) in [7, 11) is 0. The number of nitrogens with two attached hydrogens (primary N) is 1. The fourth-order valence-electron chi connectivity index (χ4n) is 1.39. The van der Waals surface area contributed by atoms with Gasteiger partial charge in [0.1, 0.15) is 5.75 Å². The number of phenolic OH excluding ortho intramolecular Hbond substituents is 1. The third kappa shape index (κ3) is 2.25. The molecule has 15 heavy (non-hydrogen) atoms. The molecular weight excluding hydrogens is 230 g/mol. The molecule has 78 valence electrons. The Morgan fingerprint density at radius 1 is 1.27 bits per heavy atom. The van der Waals surface area contributed by atoms with E-state index >= 15 is 0 Å². The minimum Gasteiger partial charge on any atom is -0.506 e. The second-order valence-electron chi connectivity index (χ2n) is 3.23. The van der Waals surface area contributed by atoms with E-state index in [1.54, 1.807) is 12.1 Å². The SMILES string of the molecule is Nc1c(O)cccc1Cc1ccc(Cl)s1. The summed E-state index contributed by atoms with van der Waals surface area (Å²) in [6.07, 6.45) is 0.706. The first-order valence-corrected chi connectivity index (χ1v) is 5.67. The molecule has 0 fully saturated rings. The molecule has 0 aliphatic rings. The highest BCUT2D eigenvalue weighted by Crippen LogP contribution is 2.29. The number of phenols is 1. The van der Waals surface area contributed by atoms with Crippen LogP contribution in [-0.2, 0) is 6.42 Å². The molecule has 0 unspecified atom stereocenters. The van der Waals surface area contributed by atoms with E-state index in [-0.39, 0.29) is 5.75 Å². The van der Waals surface area contributed by atoms with Gasteiger partial charge in [0, 0.05) is 11.3 Å². The van der Waals surface area contributed by atoms with E-state index in [1.807, 2.05) is 18.2 Å². The van der Waals surface area contributed by atoms with Gasteiger partial charge in [0.25, 0.3) is 0 Å². The van der Waals surface area contributed by atoms with Crippen molar-refractivity contribution in [2.45, 2.75) is 6.42 Å². The first kappa shape index (κ1) is 10.3. The van der Waals surface area contributed by atoms with Crippen LogP contribution in [0.1, 0.15) is 10.4 Å². The molecule has 0 spiro atoms. The van der Waals surface area contributed by atoms with Gasteiger partial charge in [-0.25, -0.2) is 0 Å². The van der Waals surface area contributed by atoms with Crippen molar-refractivity contribution in [3.05, 3.63) is 45.1 Å². The van der Waals surface area contributed by atoms with E-state index in [0.717, 1.165) is 14.8 Å².